The lowest BCUT2D eigenvalue weighted by Crippen LogP contribution is -2.42. The largest absolute Gasteiger partial charge is 0.379 e. The number of piperidine rings is 1. The number of benzene rings is 1. The van der Waals surface area contributed by atoms with E-state index in [2.05, 4.69) is 43.5 Å². The van der Waals surface area contributed by atoms with Crippen molar-refractivity contribution in [3.63, 3.8) is 0 Å². The van der Waals surface area contributed by atoms with Crippen molar-refractivity contribution in [3.05, 3.63) is 58.8 Å². The number of rotatable bonds is 8. The molecule has 34 heavy (non-hydrogen) atoms. The summed E-state index contributed by atoms with van der Waals surface area (Å²) >= 11 is 1.59. The topological polar surface area (TPSA) is 83.7 Å². The first kappa shape index (κ1) is 23.2. The molecule has 2 saturated heterocycles. The van der Waals surface area contributed by atoms with Crippen molar-refractivity contribution < 1.29 is 14.1 Å². The van der Waals surface area contributed by atoms with Crippen LogP contribution in [0.2, 0.25) is 0 Å². The number of aromatic nitrogens is 2. The third kappa shape index (κ3) is 5.90. The van der Waals surface area contributed by atoms with Gasteiger partial charge in [-0.2, -0.15) is 4.98 Å². The molecule has 8 nitrogen and oxygen atoms in total. The van der Waals surface area contributed by atoms with E-state index >= 15 is 0 Å². The Morgan fingerprint density at radius 3 is 2.74 bits per heavy atom. The molecule has 0 saturated carbocycles. The molecule has 2 fully saturated rings. The van der Waals surface area contributed by atoms with Crippen molar-refractivity contribution in [2.24, 2.45) is 5.92 Å². The third-order valence-corrected chi connectivity index (χ3v) is 7.38. The third-order valence-electron chi connectivity index (χ3n) is 6.51. The number of thiophene rings is 1. The zero-order valence-corrected chi connectivity index (χ0v) is 20.1. The molecular formula is C25H31N5O3S. The molecule has 1 amide bonds. The highest BCUT2D eigenvalue weighted by Crippen LogP contribution is 2.23. The molecule has 180 valence electrons. The van der Waals surface area contributed by atoms with Crippen LogP contribution in [0.25, 0.3) is 10.7 Å². The van der Waals surface area contributed by atoms with Gasteiger partial charge in [-0.3, -0.25) is 14.6 Å². The van der Waals surface area contributed by atoms with Crippen molar-refractivity contribution >= 4 is 17.2 Å². The number of ether oxygens (including phenoxy) is 1. The highest BCUT2D eigenvalue weighted by molar-refractivity contribution is 7.13. The van der Waals surface area contributed by atoms with Crippen molar-refractivity contribution in [2.45, 2.75) is 32.5 Å². The van der Waals surface area contributed by atoms with Crippen LogP contribution in [0.3, 0.4) is 0 Å². The van der Waals surface area contributed by atoms with E-state index in [0.29, 0.717) is 31.3 Å². The minimum absolute atomic E-state index is 0.0279. The average molecular weight is 482 g/mol. The molecule has 9 heteroatoms. The highest BCUT2D eigenvalue weighted by Gasteiger charge is 2.27. The second kappa shape index (κ2) is 11.2. The fourth-order valence-corrected chi connectivity index (χ4v) is 5.29. The van der Waals surface area contributed by atoms with E-state index in [9.17, 15) is 4.79 Å². The van der Waals surface area contributed by atoms with Gasteiger partial charge in [0, 0.05) is 32.7 Å². The van der Waals surface area contributed by atoms with Gasteiger partial charge in [-0.15, -0.1) is 11.3 Å². The number of nitrogens with one attached hydrogen (secondary N) is 1. The molecular weight excluding hydrogens is 450 g/mol. The molecule has 4 heterocycles. The van der Waals surface area contributed by atoms with Crippen LogP contribution in [0.5, 0.6) is 0 Å². The van der Waals surface area contributed by atoms with Crippen molar-refractivity contribution in [3.8, 4) is 10.7 Å². The summed E-state index contributed by atoms with van der Waals surface area (Å²) in [7, 11) is 0. The summed E-state index contributed by atoms with van der Waals surface area (Å²) in [6.07, 6.45) is 1.89. The molecule has 1 aromatic carbocycles. The number of nitrogens with zero attached hydrogens (tertiary/aromatic N) is 4. The number of amides is 1. The predicted octanol–water partition coefficient (Wildman–Crippen LogP) is 3.16. The van der Waals surface area contributed by atoms with Crippen LogP contribution in [0.1, 0.15) is 29.9 Å². The summed E-state index contributed by atoms with van der Waals surface area (Å²) < 4.78 is 10.9. The van der Waals surface area contributed by atoms with E-state index in [0.717, 1.165) is 57.1 Å². The summed E-state index contributed by atoms with van der Waals surface area (Å²) in [5.41, 5.74) is 2.45. The Kier molecular flexibility index (Phi) is 7.65. The first-order chi connectivity index (χ1) is 16.7. The highest BCUT2D eigenvalue weighted by atomic mass is 32.1. The molecule has 1 atom stereocenters. The summed E-state index contributed by atoms with van der Waals surface area (Å²) in [4.78, 5) is 23.2. The summed E-state index contributed by atoms with van der Waals surface area (Å²) in [5.74, 6) is 1.32. The van der Waals surface area contributed by atoms with Crippen LogP contribution in [0.4, 0.5) is 0 Å². The number of hydrogen-bond acceptors (Lipinski definition) is 8. The lowest BCUT2D eigenvalue weighted by Gasteiger charge is -2.31. The Hall–Kier alpha value is -2.59. The lowest BCUT2D eigenvalue weighted by atomic mass is 9.97. The van der Waals surface area contributed by atoms with Gasteiger partial charge in [-0.05, 0) is 42.0 Å². The maximum atomic E-state index is 13.0. The first-order valence-electron chi connectivity index (χ1n) is 12.0. The molecule has 1 N–H and O–H groups in total. The van der Waals surface area contributed by atoms with Crippen LogP contribution in [0, 0.1) is 5.92 Å². The molecule has 2 aromatic heterocycles. The average Bonchev–Trinajstić information content (AvgIpc) is 3.57. The maximum Gasteiger partial charge on any atom is 0.241 e. The molecule has 5 rings (SSSR count). The SMILES string of the molecule is O=C(NCc1ccccc1CN1CCOCC1)C1CCCN(Cc2nc(-c3cccs3)no2)C1. The van der Waals surface area contributed by atoms with Gasteiger partial charge in [0.1, 0.15) is 0 Å². The predicted molar refractivity (Wildman–Crippen MR) is 130 cm³/mol. The Morgan fingerprint density at radius 1 is 1.06 bits per heavy atom. The van der Waals surface area contributed by atoms with Gasteiger partial charge in [0.15, 0.2) is 0 Å². The van der Waals surface area contributed by atoms with E-state index < -0.39 is 0 Å². The van der Waals surface area contributed by atoms with E-state index in [1.54, 1.807) is 11.3 Å². The van der Waals surface area contributed by atoms with Gasteiger partial charge in [0.25, 0.3) is 0 Å². The standard InChI is InChI=1S/C25H31N5O3S/c31-25(26-15-19-5-1-2-6-20(19)16-29-10-12-32-13-11-29)21-7-3-9-30(17-21)18-23-27-24(28-33-23)22-8-4-14-34-22/h1-2,4-6,8,14,21H,3,7,9-13,15-18H2,(H,26,31). The number of carbonyl (C=O) groups excluding carboxylic acids is 1. The number of morpholine rings is 1. The normalized spacial score (nSPS) is 19.8. The summed E-state index contributed by atoms with van der Waals surface area (Å²) in [6, 6.07) is 12.4. The smallest absolute Gasteiger partial charge is 0.241 e. The number of carbonyl (C=O) groups is 1. The lowest BCUT2D eigenvalue weighted by molar-refractivity contribution is -0.127. The Balaban J connectivity index is 1.13. The van der Waals surface area contributed by atoms with Gasteiger partial charge in [-0.1, -0.05) is 35.5 Å². The van der Waals surface area contributed by atoms with Gasteiger partial charge < -0.3 is 14.6 Å². The fraction of sp³-hybridized carbons (Fsp3) is 0.480. The number of hydrogen-bond donors (Lipinski definition) is 1. The van der Waals surface area contributed by atoms with Crippen molar-refractivity contribution in [2.75, 3.05) is 39.4 Å². The molecule has 2 aliphatic rings. The minimum Gasteiger partial charge on any atom is -0.379 e. The second-order valence-electron chi connectivity index (χ2n) is 8.94. The zero-order valence-electron chi connectivity index (χ0n) is 19.3. The van der Waals surface area contributed by atoms with Crippen LogP contribution in [0.15, 0.2) is 46.3 Å². The molecule has 0 aliphatic carbocycles. The summed E-state index contributed by atoms with van der Waals surface area (Å²) in [6.45, 7) is 7.15. The van der Waals surface area contributed by atoms with Crippen LogP contribution in [-0.2, 0) is 29.2 Å². The number of likely N-dealkylation sites (tertiary alicyclic amines) is 1. The Labute approximate surface area is 203 Å². The molecule has 0 radical (unpaired) electrons. The molecule has 3 aromatic rings. The van der Waals surface area contributed by atoms with Gasteiger partial charge in [0.2, 0.25) is 17.6 Å². The summed E-state index contributed by atoms with van der Waals surface area (Å²) in [5, 5.41) is 9.29. The van der Waals surface area contributed by atoms with Crippen LogP contribution >= 0.6 is 11.3 Å². The van der Waals surface area contributed by atoms with Gasteiger partial charge >= 0.3 is 0 Å². The molecule has 0 spiro atoms. The van der Waals surface area contributed by atoms with Crippen LogP contribution in [-0.4, -0.2) is 65.2 Å². The minimum atomic E-state index is -0.0279. The molecule has 0 bridgehead atoms. The molecule has 1 unspecified atom stereocenters. The van der Waals surface area contributed by atoms with Gasteiger partial charge in [0.05, 0.1) is 30.6 Å². The zero-order chi connectivity index (χ0) is 23.2. The first-order valence-corrected chi connectivity index (χ1v) is 12.9. The molecule has 2 aliphatic heterocycles. The van der Waals surface area contributed by atoms with E-state index in [4.69, 9.17) is 9.26 Å². The van der Waals surface area contributed by atoms with E-state index in [1.165, 1.54) is 11.1 Å². The van der Waals surface area contributed by atoms with Crippen LogP contribution < -0.4 is 5.32 Å². The fourth-order valence-electron chi connectivity index (χ4n) is 4.64. The quantitative estimate of drug-likeness (QED) is 0.529. The Bertz CT molecular complexity index is 1060. The van der Waals surface area contributed by atoms with Gasteiger partial charge in [-0.25, -0.2) is 0 Å². The van der Waals surface area contributed by atoms with E-state index in [1.807, 2.05) is 23.6 Å². The maximum absolute atomic E-state index is 13.0. The van der Waals surface area contributed by atoms with Crippen molar-refractivity contribution in [1.82, 2.24) is 25.3 Å². The Morgan fingerprint density at radius 2 is 1.91 bits per heavy atom. The van der Waals surface area contributed by atoms with E-state index in [-0.39, 0.29) is 11.8 Å². The van der Waals surface area contributed by atoms with Crippen molar-refractivity contribution in [1.29, 1.82) is 0 Å². The monoisotopic (exact) mass is 481 g/mol. The second-order valence-corrected chi connectivity index (χ2v) is 9.89.